The van der Waals surface area contributed by atoms with Gasteiger partial charge in [0.05, 0.1) is 0 Å². The van der Waals surface area contributed by atoms with Gasteiger partial charge in [0.1, 0.15) is 18.1 Å². The molecule has 246 valence electrons. The zero-order valence-corrected chi connectivity index (χ0v) is 26.7. The molecule has 0 unspecified atom stereocenters. The van der Waals surface area contributed by atoms with E-state index in [4.69, 9.17) is 0 Å². The molecule has 10 heteroatoms. The molecule has 0 fully saturated rings. The molecule has 4 N–H and O–H groups in total. The number of ketones is 1. The summed E-state index contributed by atoms with van der Waals surface area (Å²) >= 11 is 0. The highest BCUT2D eigenvalue weighted by molar-refractivity contribution is 6.38. The van der Waals surface area contributed by atoms with E-state index in [1.807, 2.05) is 103 Å². The summed E-state index contributed by atoms with van der Waals surface area (Å²) < 4.78 is 0. The Morgan fingerprint density at radius 1 is 0.583 bits per heavy atom. The first kappa shape index (κ1) is 33.6. The van der Waals surface area contributed by atoms with E-state index in [1.54, 1.807) is 24.0 Å². The van der Waals surface area contributed by atoms with Crippen LogP contribution in [-0.4, -0.2) is 52.6 Å². The van der Waals surface area contributed by atoms with Crippen LogP contribution in [0.15, 0.2) is 115 Å². The summed E-state index contributed by atoms with van der Waals surface area (Å²) in [5.41, 5.74) is 4.45. The minimum absolute atomic E-state index is 0.0703. The molecule has 48 heavy (non-hydrogen) atoms. The van der Waals surface area contributed by atoms with E-state index >= 15 is 0 Å². The van der Waals surface area contributed by atoms with Crippen LogP contribution in [0.3, 0.4) is 0 Å². The molecule has 1 aliphatic heterocycles. The molecule has 1 heterocycles. The maximum atomic E-state index is 13.9. The number of carbonyl (C=O) groups is 5. The molecular formula is C38H39N5O5. The Bertz CT molecular complexity index is 1710. The zero-order valence-electron chi connectivity index (χ0n) is 26.7. The first-order chi connectivity index (χ1) is 23.3. The van der Waals surface area contributed by atoms with Gasteiger partial charge in [-0.2, -0.15) is 0 Å². The summed E-state index contributed by atoms with van der Waals surface area (Å²) in [4.78, 5) is 68.4. The first-order valence-electron chi connectivity index (χ1n) is 15.9. The fourth-order valence-electron chi connectivity index (χ4n) is 5.53. The maximum Gasteiger partial charge on any atom is 0.318 e. The quantitative estimate of drug-likeness (QED) is 0.165. The molecule has 5 rings (SSSR count). The molecule has 0 saturated carbocycles. The van der Waals surface area contributed by atoms with Crippen LogP contribution in [0, 0.1) is 0 Å². The number of benzene rings is 4. The zero-order chi connectivity index (χ0) is 33.9. The van der Waals surface area contributed by atoms with E-state index in [-0.39, 0.29) is 19.4 Å². The summed E-state index contributed by atoms with van der Waals surface area (Å²) in [7, 11) is 0. The molecule has 5 amide bonds. The average Bonchev–Trinajstić information content (AvgIpc) is 3.56. The molecule has 0 bridgehead atoms. The molecule has 0 spiro atoms. The molecule has 1 aliphatic rings. The Morgan fingerprint density at radius 3 is 1.58 bits per heavy atom. The van der Waals surface area contributed by atoms with E-state index in [1.165, 1.54) is 0 Å². The lowest BCUT2D eigenvalue weighted by molar-refractivity contribution is -0.140. The number of hydrogen-bond donors (Lipinski definition) is 4. The number of fused-ring (bicyclic) bond motifs is 1. The molecule has 0 radical (unpaired) electrons. The van der Waals surface area contributed by atoms with Crippen molar-refractivity contribution in [3.8, 4) is 0 Å². The minimum Gasteiger partial charge on any atom is -0.345 e. The highest BCUT2D eigenvalue weighted by atomic mass is 16.2. The monoisotopic (exact) mass is 645 g/mol. The fraction of sp³-hybridized carbons (Fsp3) is 0.237. The van der Waals surface area contributed by atoms with Gasteiger partial charge in [0.25, 0.3) is 5.91 Å². The molecule has 4 aromatic carbocycles. The number of nitrogens with zero attached hydrogens (tertiary/aromatic N) is 1. The van der Waals surface area contributed by atoms with Crippen molar-refractivity contribution in [2.45, 2.75) is 57.5 Å². The van der Waals surface area contributed by atoms with Crippen LogP contribution >= 0.6 is 0 Å². The van der Waals surface area contributed by atoms with Crippen LogP contribution in [0.25, 0.3) is 0 Å². The second-order valence-electron chi connectivity index (χ2n) is 11.8. The van der Waals surface area contributed by atoms with E-state index in [0.717, 1.165) is 27.8 Å². The van der Waals surface area contributed by atoms with Crippen molar-refractivity contribution in [1.29, 1.82) is 0 Å². The lowest BCUT2D eigenvalue weighted by Crippen LogP contribution is -2.57. The summed E-state index contributed by atoms with van der Waals surface area (Å²) in [6.45, 7) is 2.57. The predicted molar refractivity (Wildman–Crippen MR) is 181 cm³/mol. The van der Waals surface area contributed by atoms with Crippen molar-refractivity contribution in [2.75, 3.05) is 0 Å². The highest BCUT2D eigenvalue weighted by Gasteiger charge is 2.32. The maximum absolute atomic E-state index is 13.9. The van der Waals surface area contributed by atoms with Gasteiger partial charge in [-0.3, -0.25) is 19.2 Å². The summed E-state index contributed by atoms with van der Waals surface area (Å²) in [6, 6.07) is 31.5. The number of Topliss-reactive ketones (excluding diaryl/α,β-unsaturated/α-hetero) is 1. The molecular weight excluding hydrogens is 606 g/mol. The number of amides is 5. The number of nitrogens with one attached hydrogen (secondary N) is 4. The van der Waals surface area contributed by atoms with Gasteiger partial charge in [-0.1, -0.05) is 115 Å². The number of hydrogen-bond acceptors (Lipinski definition) is 5. The Morgan fingerprint density at radius 2 is 1.04 bits per heavy atom. The van der Waals surface area contributed by atoms with Gasteiger partial charge in [0.2, 0.25) is 17.6 Å². The van der Waals surface area contributed by atoms with Gasteiger partial charge in [0.15, 0.2) is 0 Å². The second-order valence-corrected chi connectivity index (χ2v) is 11.8. The normalized spacial score (nSPS) is 13.7. The van der Waals surface area contributed by atoms with Crippen LogP contribution in [-0.2, 0) is 51.7 Å². The third-order valence-electron chi connectivity index (χ3n) is 8.21. The third kappa shape index (κ3) is 9.16. The van der Waals surface area contributed by atoms with Crippen LogP contribution < -0.4 is 21.3 Å². The Hall–Kier alpha value is -5.77. The van der Waals surface area contributed by atoms with Crippen LogP contribution in [0.2, 0.25) is 0 Å². The van der Waals surface area contributed by atoms with E-state index in [2.05, 4.69) is 21.3 Å². The van der Waals surface area contributed by atoms with Gasteiger partial charge in [-0.25, -0.2) is 4.79 Å². The topological polar surface area (TPSA) is 137 Å². The van der Waals surface area contributed by atoms with Crippen molar-refractivity contribution in [2.24, 2.45) is 0 Å². The Labute approximate surface area is 279 Å². The SMILES string of the molecule is C[C@H](NC(=O)N1Cc2ccccc2C1)C(=O)N[C@@H](Cc1ccccc1)C(=O)N[C@@H](Cc1ccccc1)C(=O)C(=O)NCc1ccccc1. The van der Waals surface area contributed by atoms with Crippen LogP contribution in [0.5, 0.6) is 0 Å². The van der Waals surface area contributed by atoms with Crippen LogP contribution in [0.1, 0.15) is 34.7 Å². The highest BCUT2D eigenvalue weighted by Crippen LogP contribution is 2.22. The molecule has 4 aromatic rings. The molecule has 0 aliphatic carbocycles. The second kappa shape index (κ2) is 16.2. The van der Waals surface area contributed by atoms with E-state index in [9.17, 15) is 24.0 Å². The number of urea groups is 1. The number of carbonyl (C=O) groups excluding carboxylic acids is 5. The Kier molecular flexibility index (Phi) is 11.3. The van der Waals surface area contributed by atoms with Gasteiger partial charge >= 0.3 is 6.03 Å². The molecule has 10 nitrogen and oxygen atoms in total. The minimum atomic E-state index is -1.19. The molecule has 0 aromatic heterocycles. The average molecular weight is 646 g/mol. The van der Waals surface area contributed by atoms with Crippen molar-refractivity contribution in [3.63, 3.8) is 0 Å². The van der Waals surface area contributed by atoms with Crippen molar-refractivity contribution >= 4 is 29.5 Å². The van der Waals surface area contributed by atoms with E-state index in [0.29, 0.717) is 13.1 Å². The third-order valence-corrected chi connectivity index (χ3v) is 8.21. The van der Waals surface area contributed by atoms with Crippen molar-refractivity contribution in [1.82, 2.24) is 26.2 Å². The summed E-state index contributed by atoms with van der Waals surface area (Å²) in [5.74, 6) is -2.84. The van der Waals surface area contributed by atoms with Gasteiger partial charge in [-0.05, 0) is 34.7 Å². The van der Waals surface area contributed by atoms with Crippen molar-refractivity contribution in [3.05, 3.63) is 143 Å². The van der Waals surface area contributed by atoms with Gasteiger partial charge in [0, 0.05) is 32.5 Å². The van der Waals surface area contributed by atoms with Gasteiger partial charge in [-0.15, -0.1) is 0 Å². The molecule has 0 saturated heterocycles. The predicted octanol–water partition coefficient (Wildman–Crippen LogP) is 3.44. The smallest absolute Gasteiger partial charge is 0.318 e. The lowest BCUT2D eigenvalue weighted by Gasteiger charge is -2.25. The van der Waals surface area contributed by atoms with Gasteiger partial charge < -0.3 is 26.2 Å². The lowest BCUT2D eigenvalue weighted by atomic mass is 9.99. The van der Waals surface area contributed by atoms with E-state index < -0.39 is 47.7 Å². The summed E-state index contributed by atoms with van der Waals surface area (Å²) in [5, 5.41) is 10.9. The fourth-order valence-corrected chi connectivity index (χ4v) is 5.53. The Balaban J connectivity index is 1.28. The number of rotatable bonds is 13. The van der Waals surface area contributed by atoms with Crippen molar-refractivity contribution < 1.29 is 24.0 Å². The molecule has 3 atom stereocenters. The first-order valence-corrected chi connectivity index (χ1v) is 15.9. The largest absolute Gasteiger partial charge is 0.345 e. The van der Waals surface area contributed by atoms with Crippen LogP contribution in [0.4, 0.5) is 4.79 Å². The standard InChI is InChI=1S/C38H39N5O5/c1-26(40-38(48)43-24-30-19-11-12-20-31(30)25-43)35(45)42-33(22-28-15-7-3-8-16-28)36(46)41-32(21-27-13-5-2-6-14-27)34(44)37(47)39-23-29-17-9-4-10-18-29/h2-20,26,32-33H,21-25H2,1H3,(H,39,47)(H,40,48)(H,41,46)(H,42,45)/t26-,32-,33-/m0/s1. The summed E-state index contributed by atoms with van der Waals surface area (Å²) in [6.07, 6.45) is 0.188.